The minimum absolute atomic E-state index is 0. The van der Waals surface area contributed by atoms with E-state index in [2.05, 4.69) is 0 Å². The van der Waals surface area contributed by atoms with E-state index in [1.165, 1.54) is 32.1 Å². The number of aliphatic hydroxyl groups excluding tert-OH is 1. The maximum absolute atomic E-state index is 11.1. The smallest absolute Gasteiger partial charge is 0.748 e. The normalized spacial score (nSPS) is 14.2. The zero-order chi connectivity index (χ0) is 17.6. The summed E-state index contributed by atoms with van der Waals surface area (Å²) >= 11 is 0. The van der Waals surface area contributed by atoms with Crippen LogP contribution in [-0.2, 0) is 10.1 Å². The van der Waals surface area contributed by atoms with Crippen LogP contribution in [0.2, 0.25) is 0 Å². The molecule has 2 atom stereocenters. The molecule has 0 spiro atoms. The van der Waals surface area contributed by atoms with Crippen molar-refractivity contribution in [3.63, 3.8) is 0 Å². The Bertz CT molecular complexity index is 360. The Morgan fingerprint density at radius 2 is 1.21 bits per heavy atom. The molecule has 0 rings (SSSR count). The first kappa shape index (κ1) is 27.7. The van der Waals surface area contributed by atoms with E-state index in [0.29, 0.717) is 12.8 Å². The molecule has 140 valence electrons. The summed E-state index contributed by atoms with van der Waals surface area (Å²) < 4.78 is 33.3. The Labute approximate surface area is 192 Å². The van der Waals surface area contributed by atoms with Gasteiger partial charge < -0.3 is 9.66 Å². The van der Waals surface area contributed by atoms with E-state index < -0.39 is 15.4 Å². The molecule has 0 radical (unpaired) electrons. The average molecular weight is 389 g/mol. The van der Waals surface area contributed by atoms with Gasteiger partial charge in [0, 0.05) is 5.25 Å². The molecule has 0 amide bonds. The molecule has 24 heavy (non-hydrogen) atoms. The summed E-state index contributed by atoms with van der Waals surface area (Å²) in [4.78, 5) is 0. The Morgan fingerprint density at radius 3 is 1.58 bits per heavy atom. The van der Waals surface area contributed by atoms with Gasteiger partial charge >= 0.3 is 51.4 Å². The number of hydrogen-bond acceptors (Lipinski definition) is 4. The van der Waals surface area contributed by atoms with E-state index in [-0.39, 0.29) is 57.5 Å². The first-order chi connectivity index (χ1) is 10.9. The van der Waals surface area contributed by atoms with Crippen LogP contribution in [0, 0.1) is 0 Å². The van der Waals surface area contributed by atoms with Crippen LogP contribution in [0.3, 0.4) is 0 Å². The molecule has 0 aliphatic heterocycles. The Balaban J connectivity index is 0. The first-order valence-electron chi connectivity index (χ1n) is 9.54. The maximum atomic E-state index is 11.1. The van der Waals surface area contributed by atoms with Crippen molar-refractivity contribution in [2.75, 3.05) is 0 Å². The van der Waals surface area contributed by atoms with Gasteiger partial charge in [0.1, 0.15) is 0 Å². The fourth-order valence-electron chi connectivity index (χ4n) is 2.95. The van der Waals surface area contributed by atoms with E-state index >= 15 is 0 Å². The molecule has 0 bridgehead atoms. The van der Waals surface area contributed by atoms with Crippen LogP contribution in [0.25, 0.3) is 0 Å². The third kappa shape index (κ3) is 16.9. The molecule has 4 nitrogen and oxygen atoms in total. The van der Waals surface area contributed by atoms with Crippen LogP contribution in [-0.4, -0.2) is 29.4 Å². The van der Waals surface area contributed by atoms with Crippen molar-refractivity contribution in [1.29, 1.82) is 0 Å². The molecule has 0 aliphatic carbocycles. The van der Waals surface area contributed by atoms with Gasteiger partial charge in [0.25, 0.3) is 0 Å². The second kappa shape index (κ2) is 17.9. The molecule has 6 heteroatoms. The summed E-state index contributed by atoms with van der Waals surface area (Å²) in [5.41, 5.74) is 0. The zero-order valence-corrected chi connectivity index (χ0v) is 20.1. The number of rotatable bonds is 16. The summed E-state index contributed by atoms with van der Waals surface area (Å²) in [6, 6.07) is 0. The molecule has 0 aromatic rings. The molecule has 0 fully saturated rings. The fraction of sp³-hybridized carbons (Fsp3) is 1.00. The van der Waals surface area contributed by atoms with Crippen molar-refractivity contribution in [3.8, 4) is 0 Å². The third-order valence-electron chi connectivity index (χ3n) is 4.55. The van der Waals surface area contributed by atoms with Gasteiger partial charge in [-0.05, 0) is 25.7 Å². The SMILES string of the molecule is CCCC(CCCCCCCCCCCC(O)CC)S(=O)(=O)[O-].[K+]. The predicted octanol–water partition coefficient (Wildman–Crippen LogP) is 1.77. The van der Waals surface area contributed by atoms with Gasteiger partial charge in [-0.1, -0.05) is 78.1 Å². The summed E-state index contributed by atoms with van der Waals surface area (Å²) in [5.74, 6) is 0. The van der Waals surface area contributed by atoms with Crippen LogP contribution in [0.15, 0.2) is 0 Å². The monoisotopic (exact) mass is 388 g/mol. The standard InChI is InChI=1S/C18H38O4S.K/c1-3-14-18(23(20,21)22)16-13-11-9-7-5-6-8-10-12-15-17(19)4-2;/h17-19H,3-16H2,1-2H3,(H,20,21,22);/q;+1/p-1. The molecule has 0 saturated heterocycles. The molecule has 0 aromatic heterocycles. The second-order valence-corrected chi connectivity index (χ2v) is 8.38. The second-order valence-electron chi connectivity index (χ2n) is 6.72. The zero-order valence-electron chi connectivity index (χ0n) is 16.1. The molecular weight excluding hydrogens is 351 g/mol. The van der Waals surface area contributed by atoms with Crippen molar-refractivity contribution in [1.82, 2.24) is 0 Å². The van der Waals surface area contributed by atoms with Gasteiger partial charge in [0.15, 0.2) is 0 Å². The van der Waals surface area contributed by atoms with E-state index in [1.807, 2.05) is 13.8 Å². The topological polar surface area (TPSA) is 77.4 Å². The maximum Gasteiger partial charge on any atom is 1.00 e. The fourth-order valence-corrected chi connectivity index (χ4v) is 3.93. The average Bonchev–Trinajstić information content (AvgIpc) is 2.50. The third-order valence-corrected chi connectivity index (χ3v) is 5.84. The van der Waals surface area contributed by atoms with Crippen LogP contribution in [0.4, 0.5) is 0 Å². The van der Waals surface area contributed by atoms with E-state index in [0.717, 1.165) is 44.9 Å². The van der Waals surface area contributed by atoms with Crippen molar-refractivity contribution in [2.24, 2.45) is 0 Å². The van der Waals surface area contributed by atoms with Gasteiger partial charge in [-0.2, -0.15) is 0 Å². The number of hydrogen-bond donors (Lipinski definition) is 1. The molecule has 0 aromatic carbocycles. The Kier molecular flexibility index (Phi) is 20.7. The molecule has 0 heterocycles. The van der Waals surface area contributed by atoms with Gasteiger partial charge in [0.2, 0.25) is 0 Å². The van der Waals surface area contributed by atoms with Crippen LogP contribution >= 0.6 is 0 Å². The minimum atomic E-state index is -4.11. The number of unbranched alkanes of at least 4 members (excludes halogenated alkanes) is 8. The number of aliphatic hydroxyl groups is 1. The molecule has 1 N–H and O–H groups in total. The Morgan fingerprint density at radius 1 is 0.792 bits per heavy atom. The Hall–Kier alpha value is 1.51. The van der Waals surface area contributed by atoms with Crippen molar-refractivity contribution < 1.29 is 69.5 Å². The molecule has 0 saturated carbocycles. The van der Waals surface area contributed by atoms with E-state index in [4.69, 9.17) is 0 Å². The van der Waals surface area contributed by atoms with Crippen molar-refractivity contribution in [3.05, 3.63) is 0 Å². The predicted molar refractivity (Wildman–Crippen MR) is 95.5 cm³/mol. The molecular formula is C18H37KO4S. The summed E-state index contributed by atoms with van der Waals surface area (Å²) in [6.45, 7) is 3.93. The van der Waals surface area contributed by atoms with Gasteiger partial charge in [0.05, 0.1) is 16.2 Å². The minimum Gasteiger partial charge on any atom is -0.748 e. The first-order valence-corrected chi connectivity index (χ1v) is 11.0. The van der Waals surface area contributed by atoms with Gasteiger partial charge in [-0.3, -0.25) is 0 Å². The molecule has 2 unspecified atom stereocenters. The van der Waals surface area contributed by atoms with E-state index in [9.17, 15) is 18.1 Å². The van der Waals surface area contributed by atoms with Gasteiger partial charge in [-0.25, -0.2) is 8.42 Å². The van der Waals surface area contributed by atoms with Crippen LogP contribution in [0.1, 0.15) is 104 Å². The van der Waals surface area contributed by atoms with E-state index in [1.54, 1.807) is 0 Å². The van der Waals surface area contributed by atoms with Crippen LogP contribution in [0.5, 0.6) is 0 Å². The van der Waals surface area contributed by atoms with Crippen LogP contribution < -0.4 is 51.4 Å². The molecule has 0 aliphatic rings. The summed E-state index contributed by atoms with van der Waals surface area (Å²) in [6.07, 6.45) is 13.7. The van der Waals surface area contributed by atoms with Crippen molar-refractivity contribution >= 4 is 10.1 Å². The van der Waals surface area contributed by atoms with Gasteiger partial charge in [-0.15, -0.1) is 0 Å². The van der Waals surface area contributed by atoms with Crippen molar-refractivity contribution in [2.45, 2.75) is 115 Å². The summed E-state index contributed by atoms with van der Waals surface area (Å²) in [7, 11) is -4.11. The quantitative estimate of drug-likeness (QED) is 0.248. The summed E-state index contributed by atoms with van der Waals surface area (Å²) in [5, 5.41) is 8.77. The largest absolute Gasteiger partial charge is 1.00 e.